The molecule has 9 nitrogen and oxygen atoms in total. The van der Waals surface area contributed by atoms with Crippen molar-refractivity contribution in [2.45, 2.75) is 11.8 Å². The fraction of sp³-hybridized carbons (Fsp3) is 0.467. The van der Waals surface area contributed by atoms with E-state index in [9.17, 15) is 18.0 Å². The van der Waals surface area contributed by atoms with Gasteiger partial charge in [-0.3, -0.25) is 8.98 Å². The molecule has 2 N–H and O–H groups in total. The van der Waals surface area contributed by atoms with Crippen molar-refractivity contribution >= 4 is 22.0 Å². The zero-order valence-electron chi connectivity index (χ0n) is 13.8. The molecule has 25 heavy (non-hydrogen) atoms. The molecule has 1 aromatic carbocycles. The Hall–Kier alpha value is -2.01. The van der Waals surface area contributed by atoms with Gasteiger partial charge in [-0.1, -0.05) is 17.7 Å². The molecule has 0 fully saturated rings. The minimum absolute atomic E-state index is 0.0382. The van der Waals surface area contributed by atoms with Gasteiger partial charge in [-0.05, 0) is 19.1 Å². The fourth-order valence-corrected chi connectivity index (χ4v) is 2.52. The van der Waals surface area contributed by atoms with Gasteiger partial charge in [0.2, 0.25) is 5.91 Å². The Bertz CT molecular complexity index is 657. The smallest absolute Gasteiger partial charge is 0.329 e. The van der Waals surface area contributed by atoms with Crippen molar-refractivity contribution in [3.63, 3.8) is 0 Å². The number of rotatable bonds is 12. The topological polar surface area (TPSA) is 128 Å². The molecule has 1 rings (SSSR count). The van der Waals surface area contributed by atoms with Gasteiger partial charge in [0.1, 0.15) is 13.2 Å². The van der Waals surface area contributed by atoms with Crippen LogP contribution in [-0.2, 0) is 33.4 Å². The molecule has 140 valence electrons. The number of carboxylic acid groups (broad SMARTS) is 1. The molecule has 0 unspecified atom stereocenters. The first-order chi connectivity index (χ1) is 11.8. The quantitative estimate of drug-likeness (QED) is 0.384. The minimum atomic E-state index is -3.81. The predicted octanol–water partition coefficient (Wildman–Crippen LogP) is -0.0657. The van der Waals surface area contributed by atoms with Crippen LogP contribution in [0.3, 0.4) is 0 Å². The second-order valence-electron chi connectivity index (χ2n) is 4.94. The van der Waals surface area contributed by atoms with E-state index in [1.165, 1.54) is 12.1 Å². The average molecular weight is 375 g/mol. The first kappa shape index (κ1) is 21.0. The molecule has 0 aromatic heterocycles. The number of benzene rings is 1. The molecule has 0 radical (unpaired) electrons. The van der Waals surface area contributed by atoms with Crippen LogP contribution in [0.1, 0.15) is 5.56 Å². The Balaban J connectivity index is 2.11. The Labute approximate surface area is 146 Å². The third-order valence-corrected chi connectivity index (χ3v) is 4.13. The van der Waals surface area contributed by atoms with Crippen LogP contribution in [0.4, 0.5) is 0 Å². The van der Waals surface area contributed by atoms with E-state index in [4.69, 9.17) is 14.0 Å². The lowest BCUT2D eigenvalue weighted by Crippen LogP contribution is -2.31. The number of carbonyl (C=O) groups is 2. The monoisotopic (exact) mass is 375 g/mol. The average Bonchev–Trinajstić information content (AvgIpc) is 2.54. The Morgan fingerprint density at radius 2 is 1.72 bits per heavy atom. The van der Waals surface area contributed by atoms with Crippen LogP contribution in [0.25, 0.3) is 0 Å². The molecule has 0 aliphatic heterocycles. The van der Waals surface area contributed by atoms with Gasteiger partial charge in [0.15, 0.2) is 0 Å². The number of carbonyl (C=O) groups excluding carboxylic acids is 1. The van der Waals surface area contributed by atoms with Crippen LogP contribution in [-0.4, -0.2) is 65.0 Å². The molecule has 0 heterocycles. The normalized spacial score (nSPS) is 11.2. The van der Waals surface area contributed by atoms with Crippen molar-refractivity contribution in [3.8, 4) is 0 Å². The van der Waals surface area contributed by atoms with E-state index in [-0.39, 0.29) is 37.9 Å². The highest BCUT2D eigenvalue weighted by atomic mass is 32.2. The second kappa shape index (κ2) is 10.8. The molecule has 0 spiro atoms. The van der Waals surface area contributed by atoms with Gasteiger partial charge >= 0.3 is 5.97 Å². The zero-order chi connectivity index (χ0) is 18.7. The summed E-state index contributed by atoms with van der Waals surface area (Å²) >= 11 is 0. The van der Waals surface area contributed by atoms with Crippen LogP contribution < -0.4 is 5.32 Å². The molecule has 1 aromatic rings. The molecule has 1 amide bonds. The predicted molar refractivity (Wildman–Crippen MR) is 86.6 cm³/mol. The number of aryl methyl sites for hydroxylation is 1. The number of hydrogen-bond acceptors (Lipinski definition) is 7. The summed E-state index contributed by atoms with van der Waals surface area (Å²) < 4.78 is 38.3. The standard InChI is InChI=1S/C15H21NO8S/c1-12-2-4-13(5-3-12)25(20,21)24-9-8-22-7-6-16-14(17)10-23-11-15(18)19/h2-5H,6-11H2,1H3,(H,16,17)(H,18,19). The summed E-state index contributed by atoms with van der Waals surface area (Å²) in [6.45, 7) is 1.17. The van der Waals surface area contributed by atoms with Gasteiger partial charge < -0.3 is 19.9 Å². The lowest BCUT2D eigenvalue weighted by Gasteiger charge is -2.08. The Kier molecular flexibility index (Phi) is 9.06. The molecular formula is C15H21NO8S. The molecule has 0 aliphatic carbocycles. The van der Waals surface area contributed by atoms with Gasteiger partial charge in [-0.25, -0.2) is 4.79 Å². The highest BCUT2D eigenvalue weighted by Gasteiger charge is 2.14. The van der Waals surface area contributed by atoms with Crippen molar-refractivity contribution in [2.75, 3.05) is 39.6 Å². The SMILES string of the molecule is Cc1ccc(S(=O)(=O)OCCOCCNC(=O)COCC(=O)O)cc1. The summed E-state index contributed by atoms with van der Waals surface area (Å²) in [5.74, 6) is -1.63. The van der Waals surface area contributed by atoms with Crippen LogP contribution >= 0.6 is 0 Å². The number of hydrogen-bond donors (Lipinski definition) is 2. The maximum Gasteiger partial charge on any atom is 0.329 e. The van der Waals surface area contributed by atoms with Crippen molar-refractivity contribution < 1.29 is 36.8 Å². The Morgan fingerprint density at radius 3 is 2.36 bits per heavy atom. The zero-order valence-corrected chi connectivity index (χ0v) is 14.6. The molecule has 0 saturated carbocycles. The van der Waals surface area contributed by atoms with Crippen LogP contribution in [0.5, 0.6) is 0 Å². The minimum Gasteiger partial charge on any atom is -0.480 e. The van der Waals surface area contributed by atoms with Gasteiger partial charge in [0, 0.05) is 6.54 Å². The summed E-state index contributed by atoms with van der Waals surface area (Å²) in [5, 5.41) is 10.8. The van der Waals surface area contributed by atoms with Gasteiger partial charge in [0.25, 0.3) is 10.1 Å². The third kappa shape index (κ3) is 9.15. The van der Waals surface area contributed by atoms with Crippen LogP contribution in [0, 0.1) is 6.92 Å². The fourth-order valence-electron chi connectivity index (χ4n) is 1.62. The first-order valence-corrected chi connectivity index (χ1v) is 8.82. The van der Waals surface area contributed by atoms with Crippen molar-refractivity contribution in [2.24, 2.45) is 0 Å². The van der Waals surface area contributed by atoms with E-state index in [0.717, 1.165) is 5.56 Å². The van der Waals surface area contributed by atoms with E-state index >= 15 is 0 Å². The second-order valence-corrected chi connectivity index (χ2v) is 6.55. The number of carboxylic acids is 1. The summed E-state index contributed by atoms with van der Waals surface area (Å²) in [6, 6.07) is 6.28. The van der Waals surface area contributed by atoms with Gasteiger partial charge in [0.05, 0.1) is 24.7 Å². The number of amides is 1. The largest absolute Gasteiger partial charge is 0.480 e. The summed E-state index contributed by atoms with van der Waals surface area (Å²) in [6.07, 6.45) is 0. The summed E-state index contributed by atoms with van der Waals surface area (Å²) in [4.78, 5) is 21.5. The van der Waals surface area contributed by atoms with E-state index in [1.54, 1.807) is 12.1 Å². The van der Waals surface area contributed by atoms with Crippen LogP contribution in [0.2, 0.25) is 0 Å². The highest BCUT2D eigenvalue weighted by Crippen LogP contribution is 2.12. The molecule has 0 atom stereocenters. The van der Waals surface area contributed by atoms with Crippen LogP contribution in [0.15, 0.2) is 29.2 Å². The van der Waals surface area contributed by atoms with Crippen molar-refractivity contribution in [3.05, 3.63) is 29.8 Å². The third-order valence-electron chi connectivity index (χ3n) is 2.80. The number of ether oxygens (including phenoxy) is 2. The number of aliphatic carboxylic acids is 1. The lowest BCUT2D eigenvalue weighted by atomic mass is 10.2. The first-order valence-electron chi connectivity index (χ1n) is 7.41. The van der Waals surface area contributed by atoms with Crippen molar-refractivity contribution in [1.82, 2.24) is 5.32 Å². The maximum atomic E-state index is 11.9. The molecule has 0 saturated heterocycles. The van der Waals surface area contributed by atoms with E-state index in [2.05, 4.69) is 10.1 Å². The summed E-state index contributed by atoms with van der Waals surface area (Å²) in [7, 11) is -3.81. The summed E-state index contributed by atoms with van der Waals surface area (Å²) in [5.41, 5.74) is 0.942. The Morgan fingerprint density at radius 1 is 1.04 bits per heavy atom. The highest BCUT2D eigenvalue weighted by molar-refractivity contribution is 7.86. The van der Waals surface area contributed by atoms with E-state index < -0.39 is 28.6 Å². The lowest BCUT2D eigenvalue weighted by molar-refractivity contribution is -0.143. The molecule has 0 aliphatic rings. The van der Waals surface area contributed by atoms with Crippen molar-refractivity contribution in [1.29, 1.82) is 0 Å². The van der Waals surface area contributed by atoms with Gasteiger partial charge in [-0.2, -0.15) is 8.42 Å². The van der Waals surface area contributed by atoms with Gasteiger partial charge in [-0.15, -0.1) is 0 Å². The number of nitrogens with one attached hydrogen (secondary N) is 1. The van der Waals surface area contributed by atoms with E-state index in [0.29, 0.717) is 0 Å². The molecule has 10 heteroatoms. The molecular weight excluding hydrogens is 354 g/mol. The molecule has 0 bridgehead atoms. The maximum absolute atomic E-state index is 11.9. The van der Waals surface area contributed by atoms with E-state index in [1.807, 2.05) is 6.92 Å².